The van der Waals surface area contributed by atoms with Crippen molar-refractivity contribution in [2.75, 3.05) is 6.54 Å². The second kappa shape index (κ2) is 6.27. The molecule has 0 radical (unpaired) electrons. The maximum absolute atomic E-state index is 5.78. The molecule has 4 heteroatoms. The molecule has 0 aliphatic rings. The quantitative estimate of drug-likeness (QED) is 0.791. The van der Waals surface area contributed by atoms with Gasteiger partial charge in [0.2, 0.25) is 0 Å². The average Bonchev–Trinajstić information content (AvgIpc) is 2.15. The maximum Gasteiger partial charge on any atom is 0.129 e. The van der Waals surface area contributed by atoms with E-state index in [1.54, 1.807) is 6.20 Å². The zero-order valence-corrected chi connectivity index (χ0v) is 9.81. The van der Waals surface area contributed by atoms with Gasteiger partial charge in [-0.05, 0) is 30.7 Å². The Kier molecular flexibility index (Phi) is 5.30. The van der Waals surface area contributed by atoms with E-state index in [2.05, 4.69) is 11.9 Å². The minimum atomic E-state index is 0.564. The number of halogens is 1. The van der Waals surface area contributed by atoms with Crippen molar-refractivity contribution < 1.29 is 0 Å². The zero-order valence-electron chi connectivity index (χ0n) is 8.24. The van der Waals surface area contributed by atoms with Crippen molar-refractivity contribution >= 4 is 23.4 Å². The van der Waals surface area contributed by atoms with Gasteiger partial charge in [0.15, 0.2) is 0 Å². The van der Waals surface area contributed by atoms with Crippen LogP contribution >= 0.6 is 23.4 Å². The van der Waals surface area contributed by atoms with Crippen LogP contribution in [0.3, 0.4) is 0 Å². The molecule has 2 N–H and O–H groups in total. The fourth-order valence-electron chi connectivity index (χ4n) is 1.09. The summed E-state index contributed by atoms with van der Waals surface area (Å²) in [4.78, 5) is 3.94. The van der Waals surface area contributed by atoms with Crippen molar-refractivity contribution in [2.45, 2.75) is 24.3 Å². The lowest BCUT2D eigenvalue weighted by Gasteiger charge is -2.09. The molecule has 0 saturated heterocycles. The molecule has 0 amide bonds. The van der Waals surface area contributed by atoms with Gasteiger partial charge < -0.3 is 5.73 Å². The van der Waals surface area contributed by atoms with Crippen molar-refractivity contribution in [1.29, 1.82) is 0 Å². The van der Waals surface area contributed by atoms with E-state index in [0.717, 1.165) is 18.7 Å². The molecule has 1 rings (SSSR count). The number of aromatic nitrogens is 1. The highest BCUT2D eigenvalue weighted by atomic mass is 35.5. The number of pyridine rings is 1. The molecule has 14 heavy (non-hydrogen) atoms. The molecule has 1 aromatic rings. The summed E-state index contributed by atoms with van der Waals surface area (Å²) in [6.07, 6.45) is 2.80. The Morgan fingerprint density at radius 3 is 3.07 bits per heavy atom. The Bertz CT molecular complexity index is 281. The monoisotopic (exact) mass is 230 g/mol. The summed E-state index contributed by atoms with van der Waals surface area (Å²) >= 11 is 7.68. The van der Waals surface area contributed by atoms with Crippen LogP contribution in [-0.4, -0.2) is 16.8 Å². The Balaban J connectivity index is 2.37. The van der Waals surface area contributed by atoms with Gasteiger partial charge in [-0.2, -0.15) is 11.8 Å². The summed E-state index contributed by atoms with van der Waals surface area (Å²) in [5.41, 5.74) is 6.70. The summed E-state index contributed by atoms with van der Waals surface area (Å²) in [6.45, 7) is 2.95. The van der Waals surface area contributed by atoms with Gasteiger partial charge in [-0.3, -0.25) is 0 Å². The van der Waals surface area contributed by atoms with Gasteiger partial charge in [0.25, 0.3) is 0 Å². The Hall–Kier alpha value is -0.250. The molecule has 1 unspecified atom stereocenters. The van der Waals surface area contributed by atoms with Crippen molar-refractivity contribution in [3.05, 3.63) is 29.0 Å². The highest BCUT2D eigenvalue weighted by Crippen LogP contribution is 2.20. The van der Waals surface area contributed by atoms with Crippen LogP contribution in [0.2, 0.25) is 5.15 Å². The topological polar surface area (TPSA) is 38.9 Å². The van der Waals surface area contributed by atoms with E-state index < -0.39 is 0 Å². The van der Waals surface area contributed by atoms with E-state index in [1.165, 1.54) is 5.56 Å². The van der Waals surface area contributed by atoms with Crippen LogP contribution in [0.1, 0.15) is 18.9 Å². The smallest absolute Gasteiger partial charge is 0.129 e. The highest BCUT2D eigenvalue weighted by Gasteiger charge is 2.02. The highest BCUT2D eigenvalue weighted by molar-refractivity contribution is 7.99. The van der Waals surface area contributed by atoms with Gasteiger partial charge >= 0.3 is 0 Å². The second-order valence-electron chi connectivity index (χ2n) is 3.19. The van der Waals surface area contributed by atoms with Crippen LogP contribution in [0, 0.1) is 0 Å². The summed E-state index contributed by atoms with van der Waals surface area (Å²) in [6, 6.07) is 3.90. The normalized spacial score (nSPS) is 12.8. The van der Waals surface area contributed by atoms with E-state index in [4.69, 9.17) is 17.3 Å². The molecular formula is C10H15ClN2S. The lowest BCUT2D eigenvalue weighted by molar-refractivity contribution is 0.823. The van der Waals surface area contributed by atoms with Crippen molar-refractivity contribution in [3.63, 3.8) is 0 Å². The van der Waals surface area contributed by atoms with E-state index in [-0.39, 0.29) is 0 Å². The van der Waals surface area contributed by atoms with Gasteiger partial charge in [0.1, 0.15) is 5.15 Å². The van der Waals surface area contributed by atoms with Crippen molar-refractivity contribution in [3.8, 4) is 0 Å². The SMILES string of the molecule is CC(CCN)SCc1ccnc(Cl)c1. The molecule has 0 bridgehead atoms. The molecule has 0 fully saturated rings. The summed E-state index contributed by atoms with van der Waals surface area (Å²) in [5, 5.41) is 1.17. The third-order valence-corrected chi connectivity index (χ3v) is 3.41. The van der Waals surface area contributed by atoms with Crippen molar-refractivity contribution in [2.24, 2.45) is 5.73 Å². The summed E-state index contributed by atoms with van der Waals surface area (Å²) < 4.78 is 0. The van der Waals surface area contributed by atoms with E-state index in [9.17, 15) is 0 Å². The number of thioether (sulfide) groups is 1. The second-order valence-corrected chi connectivity index (χ2v) is 5.00. The maximum atomic E-state index is 5.78. The first-order valence-corrected chi connectivity index (χ1v) is 6.07. The minimum absolute atomic E-state index is 0.564. The number of nitrogens with zero attached hydrogens (tertiary/aromatic N) is 1. The first-order chi connectivity index (χ1) is 6.72. The van der Waals surface area contributed by atoms with Crippen LogP contribution < -0.4 is 5.73 Å². The summed E-state index contributed by atoms with van der Waals surface area (Å²) in [5.74, 6) is 0.976. The van der Waals surface area contributed by atoms with Crippen LogP contribution in [-0.2, 0) is 5.75 Å². The minimum Gasteiger partial charge on any atom is -0.330 e. The number of hydrogen-bond donors (Lipinski definition) is 1. The van der Waals surface area contributed by atoms with Crippen LogP contribution in [0.4, 0.5) is 0 Å². The third kappa shape index (κ3) is 4.31. The molecular weight excluding hydrogens is 216 g/mol. The molecule has 1 aromatic heterocycles. The molecule has 1 heterocycles. The van der Waals surface area contributed by atoms with Gasteiger partial charge in [-0.25, -0.2) is 4.98 Å². The number of rotatable bonds is 5. The van der Waals surface area contributed by atoms with Crippen LogP contribution in [0.5, 0.6) is 0 Å². The zero-order chi connectivity index (χ0) is 10.4. The molecule has 0 aliphatic heterocycles. The molecule has 0 spiro atoms. The van der Waals surface area contributed by atoms with Crippen molar-refractivity contribution in [1.82, 2.24) is 4.98 Å². The number of nitrogens with two attached hydrogens (primary N) is 1. The van der Waals surface area contributed by atoms with E-state index in [1.807, 2.05) is 23.9 Å². The molecule has 0 aromatic carbocycles. The molecule has 2 nitrogen and oxygen atoms in total. The molecule has 0 aliphatic carbocycles. The third-order valence-electron chi connectivity index (χ3n) is 1.90. The van der Waals surface area contributed by atoms with E-state index in [0.29, 0.717) is 10.4 Å². The molecule has 0 saturated carbocycles. The van der Waals surface area contributed by atoms with Gasteiger partial charge in [-0.15, -0.1) is 0 Å². The largest absolute Gasteiger partial charge is 0.330 e. The lowest BCUT2D eigenvalue weighted by atomic mass is 10.3. The van der Waals surface area contributed by atoms with Gasteiger partial charge in [-0.1, -0.05) is 18.5 Å². The Morgan fingerprint density at radius 2 is 2.43 bits per heavy atom. The Labute approximate surface area is 94.2 Å². The fourth-order valence-corrected chi connectivity index (χ4v) is 2.24. The molecule has 78 valence electrons. The predicted molar refractivity (Wildman–Crippen MR) is 63.7 cm³/mol. The predicted octanol–water partition coefficient (Wildman–Crippen LogP) is 2.71. The fraction of sp³-hybridized carbons (Fsp3) is 0.500. The standard InChI is InChI=1S/C10H15ClN2S/c1-8(2-4-12)14-7-9-3-5-13-10(11)6-9/h3,5-6,8H,2,4,7,12H2,1H3. The first kappa shape index (κ1) is 11.8. The lowest BCUT2D eigenvalue weighted by Crippen LogP contribution is -2.07. The first-order valence-electron chi connectivity index (χ1n) is 4.64. The van der Waals surface area contributed by atoms with Crippen LogP contribution in [0.15, 0.2) is 18.3 Å². The average molecular weight is 231 g/mol. The Morgan fingerprint density at radius 1 is 1.64 bits per heavy atom. The molecule has 1 atom stereocenters. The van der Waals surface area contributed by atoms with Crippen LogP contribution in [0.25, 0.3) is 0 Å². The van der Waals surface area contributed by atoms with E-state index >= 15 is 0 Å². The number of hydrogen-bond acceptors (Lipinski definition) is 3. The van der Waals surface area contributed by atoms with Gasteiger partial charge in [0, 0.05) is 17.2 Å². The van der Waals surface area contributed by atoms with Gasteiger partial charge in [0.05, 0.1) is 0 Å². The summed E-state index contributed by atoms with van der Waals surface area (Å²) in [7, 11) is 0.